The fourth-order valence-electron chi connectivity index (χ4n) is 5.84. The van der Waals surface area contributed by atoms with Crippen molar-refractivity contribution in [1.82, 2.24) is 20.1 Å². The van der Waals surface area contributed by atoms with Gasteiger partial charge >= 0.3 is 0 Å². The number of nitrogens with zero attached hydrogens (tertiary/aromatic N) is 2. The zero-order chi connectivity index (χ0) is 26.9. The van der Waals surface area contributed by atoms with E-state index in [2.05, 4.69) is 27.3 Å². The molecule has 0 radical (unpaired) electrons. The lowest BCUT2D eigenvalue weighted by molar-refractivity contribution is -0.148. The number of hydrogen-bond acceptors (Lipinski definition) is 5. The molecule has 208 valence electrons. The number of thioether (sulfide) groups is 1. The molecule has 2 fully saturated rings. The third-order valence-electron chi connectivity index (χ3n) is 8.08. The van der Waals surface area contributed by atoms with Crippen LogP contribution in [0.25, 0.3) is 10.9 Å². The average molecular weight is 549 g/mol. The average Bonchev–Trinajstić information content (AvgIpc) is 3.40. The Morgan fingerprint density at radius 2 is 1.77 bits per heavy atom. The second-order valence-corrected chi connectivity index (χ2v) is 11.7. The topological polar surface area (TPSA) is 77.7 Å². The lowest BCUT2D eigenvalue weighted by Crippen LogP contribution is -2.63. The number of nitrogens with one attached hydrogen (secondary N) is 2. The van der Waals surface area contributed by atoms with Crippen LogP contribution in [0.4, 0.5) is 0 Å². The molecule has 2 N–H and O–H groups in total. The van der Waals surface area contributed by atoms with Gasteiger partial charge in [0.25, 0.3) is 0 Å². The van der Waals surface area contributed by atoms with E-state index >= 15 is 0 Å². The molecule has 2 saturated heterocycles. The van der Waals surface area contributed by atoms with Crippen LogP contribution in [0.3, 0.4) is 0 Å². The van der Waals surface area contributed by atoms with Gasteiger partial charge in [-0.1, -0.05) is 48.5 Å². The second kappa shape index (κ2) is 13.5. The van der Waals surface area contributed by atoms with Crippen LogP contribution in [0.15, 0.2) is 60.8 Å². The highest BCUT2D eigenvalue weighted by Crippen LogP contribution is 2.34. The van der Waals surface area contributed by atoms with Gasteiger partial charge in [0.05, 0.1) is 19.6 Å². The zero-order valence-electron chi connectivity index (χ0n) is 22.7. The van der Waals surface area contributed by atoms with Crippen molar-refractivity contribution < 1.29 is 14.3 Å². The van der Waals surface area contributed by atoms with Gasteiger partial charge in [-0.3, -0.25) is 14.5 Å². The van der Waals surface area contributed by atoms with Crippen LogP contribution in [-0.2, 0) is 27.2 Å². The molecule has 0 atom stereocenters. The predicted molar refractivity (Wildman–Crippen MR) is 158 cm³/mol. The van der Waals surface area contributed by atoms with Crippen molar-refractivity contribution in [2.24, 2.45) is 0 Å². The third-order valence-corrected chi connectivity index (χ3v) is 9.06. The molecule has 3 aromatic rings. The van der Waals surface area contributed by atoms with Gasteiger partial charge in [0.1, 0.15) is 5.54 Å². The molecule has 2 aliphatic rings. The molecule has 0 aliphatic carbocycles. The summed E-state index contributed by atoms with van der Waals surface area (Å²) in [7, 11) is 0. The molecule has 7 nitrogen and oxygen atoms in total. The first kappa shape index (κ1) is 27.7. The summed E-state index contributed by atoms with van der Waals surface area (Å²) in [5, 5.41) is 4.42. The Morgan fingerprint density at radius 1 is 1.03 bits per heavy atom. The summed E-state index contributed by atoms with van der Waals surface area (Å²) in [6.07, 6.45) is 5.30. The Balaban J connectivity index is 1.33. The van der Waals surface area contributed by atoms with E-state index in [1.807, 2.05) is 65.3 Å². The van der Waals surface area contributed by atoms with Gasteiger partial charge in [0.15, 0.2) is 0 Å². The number of H-pyrrole nitrogens is 1. The number of ether oxygens (including phenoxy) is 1. The maximum atomic E-state index is 14.0. The van der Waals surface area contributed by atoms with Gasteiger partial charge in [-0.2, -0.15) is 11.8 Å². The van der Waals surface area contributed by atoms with E-state index in [1.54, 1.807) is 0 Å². The highest BCUT2D eigenvalue weighted by molar-refractivity contribution is 7.99. The molecule has 39 heavy (non-hydrogen) atoms. The lowest BCUT2D eigenvalue weighted by atomic mass is 9.87. The minimum atomic E-state index is -0.817. The first-order valence-corrected chi connectivity index (χ1v) is 15.4. The van der Waals surface area contributed by atoms with Crippen LogP contribution in [0.1, 0.15) is 30.4 Å². The summed E-state index contributed by atoms with van der Waals surface area (Å²) < 4.78 is 5.45. The molecule has 8 heteroatoms. The number of carbonyl (C=O) groups is 2. The molecule has 3 heterocycles. The van der Waals surface area contributed by atoms with Crippen LogP contribution in [0, 0.1) is 0 Å². The summed E-state index contributed by atoms with van der Waals surface area (Å²) in [5.74, 6) is 1.79. The first-order valence-electron chi connectivity index (χ1n) is 14.2. The van der Waals surface area contributed by atoms with E-state index in [1.165, 1.54) is 10.9 Å². The number of hydrogen-bond donors (Lipinski definition) is 2. The Hall–Kier alpha value is -2.81. The minimum absolute atomic E-state index is 0.00474. The number of rotatable bonds is 11. The molecule has 0 bridgehead atoms. The van der Waals surface area contributed by atoms with Crippen molar-refractivity contribution in [3.8, 4) is 0 Å². The molecule has 2 aromatic carbocycles. The number of benzene rings is 2. The number of aromatic amines is 1. The van der Waals surface area contributed by atoms with Gasteiger partial charge in [-0.15, -0.1) is 0 Å². The van der Waals surface area contributed by atoms with Gasteiger partial charge in [0, 0.05) is 43.3 Å². The highest BCUT2D eigenvalue weighted by Gasteiger charge is 2.46. The van der Waals surface area contributed by atoms with Crippen LogP contribution in [0.2, 0.25) is 0 Å². The van der Waals surface area contributed by atoms with Crippen molar-refractivity contribution in [3.63, 3.8) is 0 Å². The monoisotopic (exact) mass is 548 g/mol. The van der Waals surface area contributed by atoms with Crippen molar-refractivity contribution in [2.45, 2.75) is 37.6 Å². The van der Waals surface area contributed by atoms with Crippen LogP contribution < -0.4 is 5.32 Å². The fourth-order valence-corrected chi connectivity index (χ4v) is 7.00. The Labute approximate surface area is 235 Å². The van der Waals surface area contributed by atoms with Gasteiger partial charge in [-0.25, -0.2) is 0 Å². The first-order chi connectivity index (χ1) is 19.2. The lowest BCUT2D eigenvalue weighted by Gasteiger charge is -2.45. The van der Waals surface area contributed by atoms with Crippen molar-refractivity contribution in [3.05, 3.63) is 71.9 Å². The van der Waals surface area contributed by atoms with E-state index < -0.39 is 5.54 Å². The van der Waals surface area contributed by atoms with E-state index in [4.69, 9.17) is 4.74 Å². The number of aromatic nitrogens is 1. The summed E-state index contributed by atoms with van der Waals surface area (Å²) in [4.78, 5) is 35.7. The fraction of sp³-hybridized carbons (Fsp3) is 0.484. The maximum Gasteiger partial charge on any atom is 0.246 e. The molecule has 2 aliphatic heterocycles. The highest BCUT2D eigenvalue weighted by atomic mass is 32.2. The third kappa shape index (κ3) is 6.86. The van der Waals surface area contributed by atoms with Gasteiger partial charge in [-0.05, 0) is 60.9 Å². The van der Waals surface area contributed by atoms with E-state index in [9.17, 15) is 9.59 Å². The molecular weight excluding hydrogens is 508 g/mol. The number of para-hydroxylation sites is 1. The summed E-state index contributed by atoms with van der Waals surface area (Å²) in [6, 6.07) is 18.1. The van der Waals surface area contributed by atoms with Crippen LogP contribution in [0.5, 0.6) is 0 Å². The SMILES string of the molecule is O=C(Cc1ccccc1)N(CCc1c[nH]c2ccccc12)C1(C(=O)NCCCN2CCOCC2)CCSCC1. The van der Waals surface area contributed by atoms with Gasteiger partial charge < -0.3 is 19.9 Å². The number of fused-ring (bicyclic) bond motifs is 1. The largest absolute Gasteiger partial charge is 0.379 e. The molecule has 0 unspecified atom stereocenters. The Morgan fingerprint density at radius 3 is 2.56 bits per heavy atom. The van der Waals surface area contributed by atoms with E-state index in [0.29, 0.717) is 38.8 Å². The van der Waals surface area contributed by atoms with E-state index in [0.717, 1.165) is 61.9 Å². The number of carbonyl (C=O) groups excluding carboxylic acids is 2. The van der Waals surface area contributed by atoms with Gasteiger partial charge in [0.2, 0.25) is 11.8 Å². The molecule has 2 amide bonds. The molecule has 0 spiro atoms. The normalized spacial score (nSPS) is 17.6. The zero-order valence-corrected chi connectivity index (χ0v) is 23.5. The Kier molecular flexibility index (Phi) is 9.61. The summed E-state index contributed by atoms with van der Waals surface area (Å²) in [6.45, 7) is 5.54. The molecule has 0 saturated carbocycles. The predicted octanol–water partition coefficient (Wildman–Crippen LogP) is 3.89. The number of amides is 2. The minimum Gasteiger partial charge on any atom is -0.379 e. The summed E-state index contributed by atoms with van der Waals surface area (Å²) in [5.41, 5.74) is 2.43. The van der Waals surface area contributed by atoms with Crippen molar-refractivity contribution >= 4 is 34.5 Å². The molecule has 1 aromatic heterocycles. The van der Waals surface area contributed by atoms with Crippen molar-refractivity contribution in [1.29, 1.82) is 0 Å². The summed E-state index contributed by atoms with van der Waals surface area (Å²) >= 11 is 1.87. The Bertz CT molecular complexity index is 1220. The second-order valence-electron chi connectivity index (χ2n) is 10.5. The van der Waals surface area contributed by atoms with E-state index in [-0.39, 0.29) is 11.8 Å². The van der Waals surface area contributed by atoms with Crippen molar-refractivity contribution in [2.75, 3.05) is 57.4 Å². The van der Waals surface area contributed by atoms with Crippen LogP contribution in [-0.4, -0.2) is 89.6 Å². The van der Waals surface area contributed by atoms with Crippen LogP contribution >= 0.6 is 11.8 Å². The quantitative estimate of drug-likeness (QED) is 0.356. The smallest absolute Gasteiger partial charge is 0.246 e. The maximum absolute atomic E-state index is 14.0. The standard InChI is InChI=1S/C31H40N4O3S/c36-29(23-25-7-2-1-3-8-25)35(16-11-26-24-33-28-10-5-4-9-27(26)28)31(12-21-39-22-13-31)30(37)32-14-6-15-34-17-19-38-20-18-34/h1-5,7-10,24,33H,6,11-23H2,(H,32,37). The molecular formula is C31H40N4O3S. The number of morpholine rings is 1. The molecule has 5 rings (SSSR count).